The number of allylic oxidation sites excluding steroid dienone is 2. The summed E-state index contributed by atoms with van der Waals surface area (Å²) < 4.78 is 1.98. The van der Waals surface area contributed by atoms with Gasteiger partial charge in [0.25, 0.3) is 5.56 Å². The maximum absolute atomic E-state index is 13.3. The van der Waals surface area contributed by atoms with E-state index in [1.807, 2.05) is 23.0 Å². The number of hydrogen-bond donors (Lipinski definition) is 2. The van der Waals surface area contributed by atoms with Gasteiger partial charge in [-0.15, -0.1) is 0 Å². The van der Waals surface area contributed by atoms with E-state index in [1.165, 1.54) is 36.7 Å². The van der Waals surface area contributed by atoms with Crippen LogP contribution in [0.3, 0.4) is 0 Å². The van der Waals surface area contributed by atoms with Crippen molar-refractivity contribution < 1.29 is 0 Å². The van der Waals surface area contributed by atoms with Crippen molar-refractivity contribution in [1.82, 2.24) is 29.9 Å². The van der Waals surface area contributed by atoms with Crippen LogP contribution in [0.1, 0.15) is 58.4 Å². The molecule has 0 spiro atoms. The summed E-state index contributed by atoms with van der Waals surface area (Å²) in [5, 5.41) is 11.6. The lowest BCUT2D eigenvalue weighted by molar-refractivity contribution is 0.225. The average molecular weight is 495 g/mol. The van der Waals surface area contributed by atoms with E-state index >= 15 is 0 Å². The second-order valence-corrected chi connectivity index (χ2v) is 11.6. The fourth-order valence-electron chi connectivity index (χ4n) is 5.40. The Balaban J connectivity index is 1.33. The molecular weight excluding hydrogens is 460 g/mol. The van der Waals surface area contributed by atoms with Gasteiger partial charge in [-0.05, 0) is 78.2 Å². The molecule has 1 fully saturated rings. The maximum Gasteiger partial charge on any atom is 0.260 e. The van der Waals surface area contributed by atoms with E-state index < -0.39 is 0 Å². The first-order valence-corrected chi connectivity index (χ1v) is 13.3. The van der Waals surface area contributed by atoms with E-state index in [0.717, 1.165) is 47.8 Å². The second kappa shape index (κ2) is 9.29. The third kappa shape index (κ3) is 4.95. The van der Waals surface area contributed by atoms with E-state index in [2.05, 4.69) is 71.3 Å². The van der Waals surface area contributed by atoms with Crippen molar-refractivity contribution in [3.8, 4) is 33.9 Å². The number of benzene rings is 1. The minimum Gasteiger partial charge on any atom is -0.321 e. The molecule has 1 saturated carbocycles. The van der Waals surface area contributed by atoms with E-state index in [9.17, 15) is 4.79 Å². The molecule has 6 rings (SSSR count). The van der Waals surface area contributed by atoms with Crippen molar-refractivity contribution in [2.24, 2.45) is 17.3 Å². The van der Waals surface area contributed by atoms with Gasteiger partial charge in [0.1, 0.15) is 6.33 Å². The summed E-state index contributed by atoms with van der Waals surface area (Å²) in [5.74, 6) is 1.88. The largest absolute Gasteiger partial charge is 0.321 e. The van der Waals surface area contributed by atoms with Crippen LogP contribution in [0.5, 0.6) is 0 Å². The van der Waals surface area contributed by atoms with Gasteiger partial charge in [0.05, 0.1) is 11.3 Å². The summed E-state index contributed by atoms with van der Waals surface area (Å²) in [4.78, 5) is 20.7. The molecule has 0 saturated heterocycles. The molecule has 3 aromatic heterocycles. The molecule has 3 heterocycles. The summed E-state index contributed by atoms with van der Waals surface area (Å²) in [7, 11) is 0. The molecule has 7 nitrogen and oxygen atoms in total. The maximum atomic E-state index is 13.3. The zero-order valence-electron chi connectivity index (χ0n) is 21.8. The van der Waals surface area contributed by atoms with Crippen LogP contribution in [0.25, 0.3) is 39.5 Å². The molecular formula is C30H34N6O. The van der Waals surface area contributed by atoms with Crippen LogP contribution in [0.4, 0.5) is 0 Å². The fraction of sp³-hybridized carbons (Fsp3) is 0.400. The molecule has 2 aliphatic rings. The zero-order chi connectivity index (χ0) is 25.6. The molecule has 1 unspecified atom stereocenters. The molecule has 2 aliphatic carbocycles. The van der Waals surface area contributed by atoms with E-state index in [4.69, 9.17) is 5.10 Å². The first-order valence-electron chi connectivity index (χ1n) is 13.3. The number of nitrogens with one attached hydrogen (secondary N) is 2. The number of hydrogen-bond acceptors (Lipinski definition) is 4. The quantitative estimate of drug-likeness (QED) is 0.328. The fourth-order valence-corrected chi connectivity index (χ4v) is 5.40. The third-order valence-corrected chi connectivity index (χ3v) is 7.95. The number of H-pyrrole nitrogens is 2. The highest BCUT2D eigenvalue weighted by Gasteiger charge is 2.27. The Morgan fingerprint density at radius 3 is 2.49 bits per heavy atom. The van der Waals surface area contributed by atoms with Gasteiger partial charge in [-0.25, -0.2) is 4.98 Å². The Morgan fingerprint density at radius 2 is 1.84 bits per heavy atom. The number of rotatable bonds is 6. The van der Waals surface area contributed by atoms with Gasteiger partial charge in [-0.1, -0.05) is 51.1 Å². The average Bonchev–Trinajstić information content (AvgIpc) is 3.33. The molecule has 0 amide bonds. The van der Waals surface area contributed by atoms with Gasteiger partial charge < -0.3 is 4.98 Å². The predicted molar refractivity (Wildman–Crippen MR) is 147 cm³/mol. The Labute approximate surface area is 217 Å². The van der Waals surface area contributed by atoms with E-state index in [1.54, 1.807) is 0 Å². The molecule has 4 aromatic rings. The number of aromatic nitrogens is 6. The lowest BCUT2D eigenvalue weighted by Crippen LogP contribution is -2.21. The van der Waals surface area contributed by atoms with Crippen LogP contribution in [-0.2, 0) is 6.54 Å². The minimum atomic E-state index is -0.215. The van der Waals surface area contributed by atoms with E-state index in [-0.39, 0.29) is 5.56 Å². The Morgan fingerprint density at radius 1 is 1.05 bits per heavy atom. The highest BCUT2D eigenvalue weighted by Crippen LogP contribution is 2.40. The van der Waals surface area contributed by atoms with Crippen LogP contribution >= 0.6 is 0 Å². The van der Waals surface area contributed by atoms with Gasteiger partial charge in [-0.2, -0.15) is 10.2 Å². The summed E-state index contributed by atoms with van der Waals surface area (Å²) in [5.41, 5.74) is 6.50. The molecule has 1 atom stereocenters. The predicted octanol–water partition coefficient (Wildman–Crippen LogP) is 6.33. The molecule has 190 valence electrons. The Bertz CT molecular complexity index is 1480. The van der Waals surface area contributed by atoms with Gasteiger partial charge in [0.15, 0.2) is 5.82 Å². The Kier molecular flexibility index (Phi) is 5.94. The van der Waals surface area contributed by atoms with Crippen LogP contribution in [0.2, 0.25) is 0 Å². The molecule has 1 aromatic carbocycles. The molecule has 0 bridgehead atoms. The molecule has 7 heteroatoms. The summed E-state index contributed by atoms with van der Waals surface area (Å²) >= 11 is 0. The minimum absolute atomic E-state index is 0.215. The summed E-state index contributed by atoms with van der Waals surface area (Å²) in [6.07, 6.45) is 11.8. The molecule has 2 N–H and O–H groups in total. The normalized spacial score (nSPS) is 18.1. The zero-order valence-corrected chi connectivity index (χ0v) is 21.8. The highest BCUT2D eigenvalue weighted by atomic mass is 16.1. The number of pyridine rings is 1. The molecule has 0 aliphatic heterocycles. The monoisotopic (exact) mass is 494 g/mol. The van der Waals surface area contributed by atoms with Crippen molar-refractivity contribution >= 4 is 5.57 Å². The van der Waals surface area contributed by atoms with Crippen molar-refractivity contribution in [3.05, 3.63) is 70.9 Å². The second-order valence-electron chi connectivity index (χ2n) is 11.6. The van der Waals surface area contributed by atoms with Gasteiger partial charge in [-0.3, -0.25) is 14.6 Å². The van der Waals surface area contributed by atoms with Gasteiger partial charge >= 0.3 is 0 Å². The van der Waals surface area contributed by atoms with Gasteiger partial charge in [0, 0.05) is 24.0 Å². The summed E-state index contributed by atoms with van der Waals surface area (Å²) in [6, 6.07) is 12.5. The van der Waals surface area contributed by atoms with Crippen molar-refractivity contribution in [1.29, 1.82) is 0 Å². The first kappa shape index (κ1) is 23.6. The first-order chi connectivity index (χ1) is 17.8. The molecule has 37 heavy (non-hydrogen) atoms. The number of aromatic amines is 2. The van der Waals surface area contributed by atoms with E-state index in [0.29, 0.717) is 22.7 Å². The highest BCUT2D eigenvalue weighted by molar-refractivity contribution is 5.81. The lowest BCUT2D eigenvalue weighted by Gasteiger charge is -2.33. The topological polar surface area (TPSA) is 92.2 Å². The van der Waals surface area contributed by atoms with Crippen molar-refractivity contribution in [3.63, 3.8) is 0 Å². The van der Waals surface area contributed by atoms with Crippen molar-refractivity contribution in [2.45, 2.75) is 59.4 Å². The summed E-state index contributed by atoms with van der Waals surface area (Å²) in [6.45, 7) is 7.93. The van der Waals surface area contributed by atoms with Crippen LogP contribution in [0.15, 0.2) is 59.8 Å². The smallest absolute Gasteiger partial charge is 0.260 e. The molecule has 0 radical (unpaired) electrons. The van der Waals surface area contributed by atoms with Crippen LogP contribution < -0.4 is 5.56 Å². The Hall–Kier alpha value is -3.74. The van der Waals surface area contributed by atoms with Gasteiger partial charge in [0.2, 0.25) is 0 Å². The van der Waals surface area contributed by atoms with Crippen LogP contribution in [0, 0.1) is 17.3 Å². The SMILES string of the molecule is CC(C)(C)C1CC=C(c2ccc(-c3cc(-c4ccn(CC5CC5)n4)c(-c4ncn[nH]4)c(=O)[nH]3)cc2)CC1. The number of nitrogens with zero attached hydrogens (tertiary/aromatic N) is 4. The standard InChI is InChI=1S/C30H34N6O/c1-30(2,3)23-12-10-21(11-13-23)20-6-8-22(9-7-20)26-16-24(25-14-15-36(35-25)17-19-4-5-19)27(29(37)33-26)28-31-18-32-34-28/h6-10,14-16,18-19,23H,4-5,11-13,17H2,1-3H3,(H,33,37)(H,31,32,34). The van der Waals surface area contributed by atoms with Crippen LogP contribution in [-0.4, -0.2) is 29.9 Å². The third-order valence-electron chi connectivity index (χ3n) is 7.95. The lowest BCUT2D eigenvalue weighted by atomic mass is 9.72. The van der Waals surface area contributed by atoms with Crippen molar-refractivity contribution in [2.75, 3.05) is 0 Å².